The van der Waals surface area contributed by atoms with Crippen molar-refractivity contribution in [1.29, 1.82) is 0 Å². The van der Waals surface area contributed by atoms with Gasteiger partial charge in [0.2, 0.25) is 95.2 Å². The number of hydrogen-bond donors (Lipinski definition) is 32. The van der Waals surface area contributed by atoms with Gasteiger partial charge in [-0.15, -0.1) is 51.0 Å². The van der Waals surface area contributed by atoms with Gasteiger partial charge in [0.25, 0.3) is 0 Å². The highest BCUT2D eigenvalue weighted by atomic mass is 16.3. The summed E-state index contributed by atoms with van der Waals surface area (Å²) in [6.45, 7) is 5.28. The number of nitrogen functional groups attached to an aromatic ring is 4. The lowest BCUT2D eigenvalue weighted by Crippen LogP contribution is -2.23. The van der Waals surface area contributed by atoms with Gasteiger partial charge in [0, 0.05) is 137 Å². The quantitative estimate of drug-likeness (QED) is 0.0212. The molecule has 8 aromatic carbocycles. The maximum atomic E-state index is 9.45. The first kappa shape index (κ1) is 112. The Morgan fingerprint density at radius 1 is 0.270 bits per heavy atom. The van der Waals surface area contributed by atoms with E-state index in [0.717, 1.165) is 50.9 Å². The van der Waals surface area contributed by atoms with Crippen LogP contribution in [0.15, 0.2) is 146 Å². The van der Waals surface area contributed by atoms with E-state index in [0.29, 0.717) is 181 Å². The van der Waals surface area contributed by atoms with Gasteiger partial charge < -0.3 is 166 Å². The minimum Gasteiger partial charge on any atom is -0.504 e. The van der Waals surface area contributed by atoms with Crippen molar-refractivity contribution in [2.24, 2.45) is 14.1 Å². The second-order valence-corrected chi connectivity index (χ2v) is 33.1. The standard InChI is InChI=1S/C13H19N5O2.3C12H17N5O2.3C11H15N5O2.C10H13N5O2/c1-17(2)12-14-13(16-15-12)18(3)7-6-9-4-5-10(19)11(20)8-9;1-16(12-15-14-11(13)17(12)2)6-5-8-3-4-9(18)10(19)7-8;1-17(2)12-14-11(15-16-12)13-6-5-8-3-4-9(18)10(19)7-8;1-13-11-14-12(16-15-11)17(2)6-5-8-3-4-9(18)10(19)7-8;1-16(11-13-10(12)14-15-11)5-4-7-2-3-8(17)9(18)6-7;1-16-10(12)14-15-11(16)13-5-4-7-2-3-8(17)9(18)6-7;1-12-10-14-11(16-15-10)13-5-4-7-2-3-8(17)9(18)6-7;11-9-13-10(15-14-9)12-4-3-6-1-2-7(16)8(17)5-6/h4-5,8,19-20H,6-7H2,1-3H3,(H,14,15,16);3-4,7,18-19H,5-6H2,1-2H3,(H2,13,14);2*3-4,7,18-19H,5-6H2,1-2H3,(H2,13,14,15,16);2-3,6,17-18H,4-5H2,1H3,(H3,12,13,14,15);2-3,6,17-18H,4-5H2,1H3,(H2,12,14)(H,13,15);2-3,6,17-18H,4-5H2,1H3,(H3,12,13,14,15,16);1-2,5,16-17H,3-4H2,(H4,11,12,13,14,15). The first-order valence-corrected chi connectivity index (χ1v) is 45.5. The summed E-state index contributed by atoms with van der Waals surface area (Å²) in [7, 11) is 22.1. The van der Waals surface area contributed by atoms with E-state index in [2.05, 4.69) is 143 Å². The number of likely N-dealkylation sites (N-methyl/N-ethyl adjacent to an activating group) is 4. The number of phenolic OH excluding ortho intramolecular Hbond substituents is 16. The highest BCUT2D eigenvalue weighted by Crippen LogP contribution is 2.33. The molecule has 0 fully saturated rings. The fourth-order valence-corrected chi connectivity index (χ4v) is 12.8. The topological polar surface area (TPSA) is 830 Å². The van der Waals surface area contributed by atoms with E-state index in [1.54, 1.807) is 115 Å². The van der Waals surface area contributed by atoms with Gasteiger partial charge in [-0.2, -0.15) is 29.9 Å². The van der Waals surface area contributed by atoms with Crippen LogP contribution in [-0.2, 0) is 65.5 Å². The zero-order valence-electron chi connectivity index (χ0n) is 83.4. The molecule has 16 aromatic rings. The average Bonchev–Trinajstić information content (AvgIpc) is 0.995. The third kappa shape index (κ3) is 35.6. The Morgan fingerprint density at radius 3 is 0.899 bits per heavy atom. The van der Waals surface area contributed by atoms with E-state index in [9.17, 15) is 76.6 Å². The maximum absolute atomic E-state index is 9.45. The van der Waals surface area contributed by atoms with Crippen molar-refractivity contribution < 1.29 is 81.7 Å². The Morgan fingerprint density at radius 2 is 0.574 bits per heavy atom. The number of nitrogens with two attached hydrogens (primary N) is 4. The molecule has 8 heterocycles. The molecule has 56 nitrogen and oxygen atoms in total. The van der Waals surface area contributed by atoms with E-state index < -0.39 is 0 Å². The summed E-state index contributed by atoms with van der Waals surface area (Å²) < 4.78 is 3.35. The Hall–Kier alpha value is -19.5. The first-order chi connectivity index (χ1) is 70.6. The minimum absolute atomic E-state index is 0.0975. The van der Waals surface area contributed by atoms with Crippen LogP contribution in [0.4, 0.5) is 95.2 Å². The molecule has 16 rings (SSSR count). The Labute approximate surface area is 848 Å². The molecule has 56 heteroatoms. The van der Waals surface area contributed by atoms with Crippen LogP contribution >= 0.6 is 0 Å². The zero-order valence-corrected chi connectivity index (χ0v) is 83.4. The predicted molar refractivity (Wildman–Crippen MR) is 561 cm³/mol. The first-order valence-electron chi connectivity index (χ1n) is 45.5. The number of aromatic nitrogens is 24. The smallest absolute Gasteiger partial charge is 0.246 e. The summed E-state index contributed by atoms with van der Waals surface area (Å²) in [5.41, 5.74) is 29.4. The van der Waals surface area contributed by atoms with Crippen LogP contribution in [0.25, 0.3) is 0 Å². The van der Waals surface area contributed by atoms with E-state index in [-0.39, 0.29) is 104 Å². The van der Waals surface area contributed by atoms with Crippen LogP contribution in [0, 0.1) is 0 Å². The molecular weight excluding hydrogens is 1920 g/mol. The molecule has 0 radical (unpaired) electrons. The second kappa shape index (κ2) is 55.0. The van der Waals surface area contributed by atoms with Crippen molar-refractivity contribution in [1.82, 2.24) is 121 Å². The molecule has 0 unspecified atom stereocenters. The number of nitrogens with one attached hydrogen (secondary N) is 12. The van der Waals surface area contributed by atoms with E-state index in [1.165, 1.54) is 72.8 Å². The number of H-pyrrole nitrogens is 6. The van der Waals surface area contributed by atoms with Gasteiger partial charge in [-0.05, 0) is 193 Å². The molecule has 0 spiro atoms. The molecule has 0 aliphatic heterocycles. The molecule has 148 heavy (non-hydrogen) atoms. The van der Waals surface area contributed by atoms with Crippen molar-refractivity contribution in [2.75, 3.05) is 207 Å². The number of anilines is 16. The van der Waals surface area contributed by atoms with Crippen molar-refractivity contribution in [3.05, 3.63) is 190 Å². The van der Waals surface area contributed by atoms with Gasteiger partial charge in [-0.25, -0.2) is 30.6 Å². The van der Waals surface area contributed by atoms with Crippen LogP contribution in [0.3, 0.4) is 0 Å². The largest absolute Gasteiger partial charge is 0.504 e. The van der Waals surface area contributed by atoms with E-state index >= 15 is 0 Å². The van der Waals surface area contributed by atoms with Gasteiger partial charge in [-0.3, -0.25) is 9.13 Å². The highest BCUT2D eigenvalue weighted by molar-refractivity contribution is 5.50. The molecule has 0 saturated heterocycles. The molecule has 0 bridgehead atoms. The molecule has 0 amide bonds. The van der Waals surface area contributed by atoms with Crippen LogP contribution < -0.4 is 84.2 Å². The van der Waals surface area contributed by atoms with Gasteiger partial charge in [0.05, 0.1) is 0 Å². The highest BCUT2D eigenvalue weighted by Gasteiger charge is 2.18. The van der Waals surface area contributed by atoms with Crippen molar-refractivity contribution in [2.45, 2.75) is 51.4 Å². The molecule has 0 aliphatic carbocycles. The molecule has 0 aliphatic rings. The number of hydrogen-bond acceptors (Lipinski definition) is 48. The SMILES string of the molecule is CN(C)c1n[nH]c(N(C)CCc2ccc(O)c(O)c2)n1.CN(C)c1n[nH]c(NCCc2ccc(O)c(O)c2)n1.CN(CCc1ccc(O)c(O)c1)c1n[nH]c(N)n1.CN(CCc1ccc(O)c(O)c1)c1nnc(N)n1C.CNc1n[nH]c(NCCc2ccc(O)c(O)c2)n1.CNc1nc(N(C)CCc2ccc(O)c(O)c2)n[nH]1.Cn1c(N)nnc1NCCc1ccc(O)c(O)c1.Nc1nc(NCCc2ccc(O)c(O)c2)n[nH]1. The fourth-order valence-electron chi connectivity index (χ4n) is 12.8. The molecule has 8 aromatic heterocycles. The van der Waals surface area contributed by atoms with Crippen LogP contribution in [0.2, 0.25) is 0 Å². The lowest BCUT2D eigenvalue weighted by atomic mass is 10.1. The maximum Gasteiger partial charge on any atom is 0.246 e. The van der Waals surface area contributed by atoms with Gasteiger partial charge in [0.15, 0.2) is 92.0 Å². The van der Waals surface area contributed by atoms with Gasteiger partial charge >= 0.3 is 0 Å². The van der Waals surface area contributed by atoms with Gasteiger partial charge in [0.1, 0.15) is 0 Å². The van der Waals surface area contributed by atoms with E-state index in [4.69, 9.17) is 28.0 Å². The lowest BCUT2D eigenvalue weighted by Gasteiger charge is -2.17. The molecule has 0 atom stereocenters. The van der Waals surface area contributed by atoms with Crippen LogP contribution in [0.5, 0.6) is 92.0 Å². The Bertz CT molecular complexity index is 6780. The summed E-state index contributed by atoms with van der Waals surface area (Å²) in [5, 5.41) is 222. The Kier molecular flexibility index (Phi) is 41.7. The normalized spacial score (nSPS) is 10.5. The molecular formula is C92H128N40O16. The van der Waals surface area contributed by atoms with Crippen LogP contribution in [-0.4, -0.2) is 325 Å². The molecule has 792 valence electrons. The number of phenols is 16. The summed E-state index contributed by atoms with van der Waals surface area (Å²) in [5.74, 6) is 6.59. The number of aromatic amines is 6. The monoisotopic (exact) mass is 2050 g/mol. The lowest BCUT2D eigenvalue weighted by molar-refractivity contribution is 0.403. The Balaban J connectivity index is 0.000000188. The summed E-state index contributed by atoms with van der Waals surface area (Å²) in [4.78, 5) is 36.1. The average molecular weight is 2050 g/mol. The van der Waals surface area contributed by atoms with E-state index in [1.807, 2.05) is 80.9 Å². The summed E-state index contributed by atoms with van der Waals surface area (Å²) in [6, 6.07) is 38.2. The third-order valence-corrected chi connectivity index (χ3v) is 21.4. The zero-order chi connectivity index (χ0) is 108. The van der Waals surface area contributed by atoms with Crippen molar-refractivity contribution >= 4 is 95.2 Å². The fraction of sp³-hybridized carbons (Fsp3) is 0.304. The number of nitrogens with zero attached hydrogens (tertiary/aromatic N) is 24. The predicted octanol–water partition coefficient (Wildman–Crippen LogP) is 5.63. The van der Waals surface area contributed by atoms with Crippen molar-refractivity contribution in [3.8, 4) is 92.0 Å². The summed E-state index contributed by atoms with van der Waals surface area (Å²) >= 11 is 0. The number of aromatic hydroxyl groups is 16. The number of benzene rings is 8. The minimum atomic E-state index is -0.122. The number of rotatable bonds is 36. The summed E-state index contributed by atoms with van der Waals surface area (Å²) in [6.07, 6.45) is 5.59. The second-order valence-electron chi connectivity index (χ2n) is 33.1. The van der Waals surface area contributed by atoms with Gasteiger partial charge in [-0.1, -0.05) is 48.5 Å². The molecule has 36 N–H and O–H groups in total. The molecule has 0 saturated carbocycles. The third-order valence-electron chi connectivity index (χ3n) is 21.4. The van der Waals surface area contributed by atoms with Crippen LogP contribution in [0.1, 0.15) is 44.5 Å². The van der Waals surface area contributed by atoms with Crippen molar-refractivity contribution in [3.63, 3.8) is 0 Å².